The summed E-state index contributed by atoms with van der Waals surface area (Å²) in [4.78, 5) is 28.0. The van der Waals surface area contributed by atoms with Crippen LogP contribution in [0.2, 0.25) is 0 Å². The summed E-state index contributed by atoms with van der Waals surface area (Å²) in [6.07, 6.45) is 1.12. The van der Waals surface area contributed by atoms with Crippen LogP contribution in [0.4, 0.5) is 4.39 Å². The number of nitrogens with zero attached hydrogens (tertiary/aromatic N) is 4. The number of hydrogen-bond donors (Lipinski definition) is 2. The molecule has 2 aromatic heterocycles. The van der Waals surface area contributed by atoms with Gasteiger partial charge in [-0.3, -0.25) is 9.59 Å². The Morgan fingerprint density at radius 3 is 2.44 bits per heavy atom. The zero-order chi connectivity index (χ0) is 24.1. The lowest BCUT2D eigenvalue weighted by Gasteiger charge is -2.19. The van der Waals surface area contributed by atoms with E-state index in [-0.39, 0.29) is 24.9 Å². The van der Waals surface area contributed by atoms with Crippen molar-refractivity contribution in [3.05, 3.63) is 88.7 Å². The summed E-state index contributed by atoms with van der Waals surface area (Å²) in [7, 11) is 0. The van der Waals surface area contributed by atoms with Gasteiger partial charge in [-0.05, 0) is 54.7 Å². The van der Waals surface area contributed by atoms with Gasteiger partial charge in [0.1, 0.15) is 5.52 Å². The van der Waals surface area contributed by atoms with Crippen molar-refractivity contribution >= 4 is 16.9 Å². The summed E-state index contributed by atoms with van der Waals surface area (Å²) >= 11 is 0. The molecule has 0 aliphatic heterocycles. The summed E-state index contributed by atoms with van der Waals surface area (Å²) in [5, 5.41) is 28.5. The molecule has 2 aromatic carbocycles. The number of rotatable bonds is 9. The second-order valence-corrected chi connectivity index (χ2v) is 8.04. The second-order valence-electron chi connectivity index (χ2n) is 8.04. The predicted molar refractivity (Wildman–Crippen MR) is 123 cm³/mol. The van der Waals surface area contributed by atoms with Crippen LogP contribution < -0.4 is 5.56 Å². The summed E-state index contributed by atoms with van der Waals surface area (Å²) in [5.74, 6) is -2.72. The minimum atomic E-state index is -1.13. The number of aromatic nitrogens is 4. The predicted octanol–water partition coefficient (Wildman–Crippen LogP) is 3.08. The van der Waals surface area contributed by atoms with Gasteiger partial charge in [-0.2, -0.15) is 4.39 Å². The Balaban J connectivity index is 1.37. The molecule has 0 unspecified atom stereocenters. The molecule has 2 atom stereocenters. The van der Waals surface area contributed by atoms with Crippen molar-refractivity contribution in [3.63, 3.8) is 0 Å². The number of aliphatic hydroxyl groups excluding tert-OH is 1. The van der Waals surface area contributed by atoms with E-state index in [9.17, 15) is 24.2 Å². The Hall–Kier alpha value is -3.98. The highest BCUT2D eigenvalue weighted by Crippen LogP contribution is 2.21. The van der Waals surface area contributed by atoms with E-state index in [1.165, 1.54) is 12.3 Å². The molecule has 0 saturated heterocycles. The van der Waals surface area contributed by atoms with Gasteiger partial charge in [-0.1, -0.05) is 41.6 Å². The fraction of sp³-hybridized carbons (Fsp3) is 0.240. The zero-order valence-electron chi connectivity index (χ0n) is 18.2. The fourth-order valence-electron chi connectivity index (χ4n) is 3.84. The van der Waals surface area contributed by atoms with Crippen LogP contribution in [-0.4, -0.2) is 42.3 Å². The molecule has 0 saturated carbocycles. The number of carboxylic acid groups (broad SMARTS) is 1. The Kier molecular flexibility index (Phi) is 7.03. The van der Waals surface area contributed by atoms with Crippen molar-refractivity contribution in [2.45, 2.75) is 31.9 Å². The lowest BCUT2D eigenvalue weighted by Crippen LogP contribution is -2.32. The fourth-order valence-corrected chi connectivity index (χ4v) is 3.84. The van der Waals surface area contributed by atoms with E-state index in [1.54, 1.807) is 30.3 Å². The van der Waals surface area contributed by atoms with Crippen LogP contribution in [0.15, 0.2) is 71.7 Å². The van der Waals surface area contributed by atoms with Crippen LogP contribution in [0.25, 0.3) is 22.0 Å². The molecule has 4 rings (SSSR count). The first-order valence-electron chi connectivity index (χ1n) is 10.9. The molecule has 2 N–H and O–H groups in total. The third-order valence-corrected chi connectivity index (χ3v) is 5.81. The third-order valence-electron chi connectivity index (χ3n) is 5.81. The van der Waals surface area contributed by atoms with Crippen molar-refractivity contribution in [2.75, 3.05) is 0 Å². The number of benzene rings is 2. The molecule has 0 spiro atoms. The molecule has 174 valence electrons. The first-order chi connectivity index (χ1) is 16.4. The highest BCUT2D eigenvalue weighted by Gasteiger charge is 2.26. The molecule has 34 heavy (non-hydrogen) atoms. The molecular weight excluding hydrogens is 439 g/mol. The van der Waals surface area contributed by atoms with Crippen molar-refractivity contribution in [3.8, 4) is 11.1 Å². The van der Waals surface area contributed by atoms with Crippen LogP contribution >= 0.6 is 0 Å². The molecule has 0 fully saturated rings. The zero-order valence-corrected chi connectivity index (χ0v) is 18.2. The van der Waals surface area contributed by atoms with E-state index >= 15 is 0 Å². The molecular formula is C25H23FN4O4. The Morgan fingerprint density at radius 2 is 1.74 bits per heavy atom. The van der Waals surface area contributed by atoms with Gasteiger partial charge < -0.3 is 10.2 Å². The normalized spacial score (nSPS) is 13.0. The highest BCUT2D eigenvalue weighted by molar-refractivity contribution is 5.76. The third kappa shape index (κ3) is 5.32. The topological polar surface area (TPSA) is 118 Å². The smallest absolute Gasteiger partial charge is 0.309 e. The van der Waals surface area contributed by atoms with E-state index in [0.717, 1.165) is 21.4 Å². The number of hydrogen-bond acceptors (Lipinski definition) is 6. The Labute approximate surface area is 194 Å². The van der Waals surface area contributed by atoms with Crippen molar-refractivity contribution in [1.29, 1.82) is 0 Å². The van der Waals surface area contributed by atoms with Crippen molar-refractivity contribution in [1.82, 2.24) is 20.0 Å². The molecule has 0 bridgehead atoms. The van der Waals surface area contributed by atoms with E-state index in [4.69, 9.17) is 0 Å². The monoisotopic (exact) mass is 462 g/mol. The summed E-state index contributed by atoms with van der Waals surface area (Å²) < 4.78 is 14.1. The van der Waals surface area contributed by atoms with Gasteiger partial charge in [0.15, 0.2) is 0 Å². The van der Waals surface area contributed by atoms with E-state index in [0.29, 0.717) is 17.3 Å². The second kappa shape index (κ2) is 10.3. The number of carboxylic acids is 1. The number of fused-ring (bicyclic) bond motifs is 1. The van der Waals surface area contributed by atoms with Gasteiger partial charge in [0.25, 0.3) is 5.56 Å². The maximum absolute atomic E-state index is 13.0. The minimum absolute atomic E-state index is 0.0328. The molecule has 0 aliphatic rings. The van der Waals surface area contributed by atoms with Crippen LogP contribution in [0, 0.1) is 11.9 Å². The van der Waals surface area contributed by atoms with E-state index in [2.05, 4.69) is 15.3 Å². The molecule has 0 aliphatic carbocycles. The number of aryl methyl sites for hydroxylation is 2. The van der Waals surface area contributed by atoms with Crippen molar-refractivity contribution in [2.24, 2.45) is 5.92 Å². The van der Waals surface area contributed by atoms with E-state index in [1.807, 2.05) is 24.3 Å². The van der Waals surface area contributed by atoms with Crippen LogP contribution in [0.3, 0.4) is 0 Å². The van der Waals surface area contributed by atoms with Crippen LogP contribution in [-0.2, 0) is 17.8 Å². The molecule has 8 nitrogen and oxygen atoms in total. The van der Waals surface area contributed by atoms with Gasteiger partial charge in [0.05, 0.1) is 17.4 Å². The maximum atomic E-state index is 13.0. The molecule has 9 heteroatoms. The molecule has 0 amide bonds. The summed E-state index contributed by atoms with van der Waals surface area (Å²) in [5.41, 5.74) is 2.72. The van der Waals surface area contributed by atoms with Gasteiger partial charge in [0, 0.05) is 18.3 Å². The Morgan fingerprint density at radius 1 is 1.00 bits per heavy atom. The number of aliphatic hydroxyl groups is 1. The maximum Gasteiger partial charge on any atom is 0.309 e. The number of halogens is 1. The van der Waals surface area contributed by atoms with Gasteiger partial charge in [-0.25, -0.2) is 9.67 Å². The molecule has 2 heterocycles. The quantitative estimate of drug-likeness (QED) is 0.367. The van der Waals surface area contributed by atoms with Gasteiger partial charge in [-0.15, -0.1) is 5.10 Å². The summed E-state index contributed by atoms with van der Waals surface area (Å²) in [6, 6.07) is 17.2. The van der Waals surface area contributed by atoms with Gasteiger partial charge in [0.2, 0.25) is 5.95 Å². The average molecular weight is 462 g/mol. The van der Waals surface area contributed by atoms with Gasteiger partial charge >= 0.3 is 5.97 Å². The highest BCUT2D eigenvalue weighted by atomic mass is 19.1. The SMILES string of the molecule is O=C(O)[C@@H](CCn1nnc2ccccc2c1=O)[C@H](O)CCc1ccc(-c2ccc(F)nc2)cc1. The lowest BCUT2D eigenvalue weighted by molar-refractivity contribution is -0.146. The standard InChI is InChI=1S/C25H23FN4O4/c26-23-12-10-18(15-27-23)17-8-5-16(6-9-17)7-11-22(31)20(25(33)34)13-14-30-24(32)19-3-1-2-4-21(19)28-29-30/h1-6,8-10,12,15,20,22,31H,7,11,13-14H2,(H,33,34)/t20-,22+/m0/s1. The minimum Gasteiger partial charge on any atom is -0.481 e. The van der Waals surface area contributed by atoms with E-state index < -0.39 is 23.9 Å². The molecule has 0 radical (unpaired) electrons. The number of aliphatic carboxylic acids is 1. The number of pyridine rings is 1. The lowest BCUT2D eigenvalue weighted by atomic mass is 9.93. The first-order valence-corrected chi connectivity index (χ1v) is 10.9. The summed E-state index contributed by atoms with van der Waals surface area (Å²) in [6.45, 7) is 0.0328. The first kappa shape index (κ1) is 23.2. The molecule has 4 aromatic rings. The largest absolute Gasteiger partial charge is 0.481 e. The Bertz CT molecular complexity index is 1340. The van der Waals surface area contributed by atoms with Crippen LogP contribution in [0.1, 0.15) is 18.4 Å². The number of carbonyl (C=O) groups is 1. The van der Waals surface area contributed by atoms with Crippen molar-refractivity contribution < 1.29 is 19.4 Å². The van der Waals surface area contributed by atoms with Crippen LogP contribution in [0.5, 0.6) is 0 Å². The average Bonchev–Trinajstić information content (AvgIpc) is 2.85.